The number of hydrogen-bond donors (Lipinski definition) is 2. The molecule has 2 aromatic rings. The van der Waals surface area contributed by atoms with Crippen molar-refractivity contribution in [2.45, 2.75) is 87.9 Å². The zero-order valence-corrected chi connectivity index (χ0v) is 22.1. The summed E-state index contributed by atoms with van der Waals surface area (Å²) in [5.41, 5.74) is 4.78. The van der Waals surface area contributed by atoms with Crippen LogP contribution in [0.15, 0.2) is 48.5 Å². The van der Waals surface area contributed by atoms with E-state index in [1.54, 1.807) is 0 Å². The maximum Gasteiger partial charge on any atom is 0.335 e. The molecule has 0 spiro atoms. The Kier molecular flexibility index (Phi) is 4.61. The van der Waals surface area contributed by atoms with Crippen LogP contribution in [0.4, 0.5) is 0 Å². The Morgan fingerprint density at radius 3 is 1.13 bits per heavy atom. The third-order valence-electron chi connectivity index (χ3n) is 12.7. The van der Waals surface area contributed by atoms with Gasteiger partial charge < -0.3 is 10.2 Å². The maximum atomic E-state index is 11.5. The number of aromatic carboxylic acids is 2. The number of rotatable bonds is 5. The Morgan fingerprint density at radius 2 is 0.842 bits per heavy atom. The molecule has 4 nitrogen and oxygen atoms in total. The van der Waals surface area contributed by atoms with Gasteiger partial charge in [0.2, 0.25) is 0 Å². The predicted octanol–water partition coefficient (Wildman–Crippen LogP) is 7.46. The fourth-order valence-corrected chi connectivity index (χ4v) is 12.4. The monoisotopic (exact) mass is 510 g/mol. The Hall–Kier alpha value is -2.62. The van der Waals surface area contributed by atoms with Gasteiger partial charge in [-0.25, -0.2) is 9.59 Å². The Labute approximate surface area is 224 Å². The molecule has 0 radical (unpaired) electrons. The summed E-state index contributed by atoms with van der Waals surface area (Å²) in [7, 11) is 0. The number of benzene rings is 2. The van der Waals surface area contributed by atoms with Crippen molar-refractivity contribution in [2.75, 3.05) is 0 Å². The van der Waals surface area contributed by atoms with Crippen LogP contribution >= 0.6 is 0 Å². The van der Waals surface area contributed by atoms with Crippen molar-refractivity contribution in [3.63, 3.8) is 0 Å². The largest absolute Gasteiger partial charge is 0.478 e. The number of carboxylic acid groups (broad SMARTS) is 2. The van der Waals surface area contributed by atoms with E-state index in [-0.39, 0.29) is 10.8 Å². The SMILES string of the molecule is O=C(O)c1ccc(C23CC4CC(C2)CC(C25CC6CC(CC(c7ccc(C(=O)O)cc7)(C6)C2)C5)(C4)C3)cc1. The van der Waals surface area contributed by atoms with Gasteiger partial charge in [0.1, 0.15) is 0 Å². The lowest BCUT2D eigenvalue weighted by atomic mass is 9.30. The maximum absolute atomic E-state index is 11.5. The van der Waals surface area contributed by atoms with Crippen LogP contribution in [0.2, 0.25) is 0 Å². The van der Waals surface area contributed by atoms with E-state index in [0.29, 0.717) is 22.0 Å². The molecule has 8 fully saturated rings. The molecule has 8 aliphatic carbocycles. The predicted molar refractivity (Wildman–Crippen MR) is 144 cm³/mol. The fraction of sp³-hybridized carbons (Fsp3) is 0.588. The normalized spacial score (nSPS) is 43.9. The molecule has 8 aliphatic rings. The molecule has 0 heterocycles. The van der Waals surface area contributed by atoms with Gasteiger partial charge in [-0.2, -0.15) is 0 Å². The van der Waals surface area contributed by atoms with E-state index in [1.807, 2.05) is 24.3 Å². The highest BCUT2D eigenvalue weighted by atomic mass is 16.4. The highest BCUT2D eigenvalue weighted by Gasteiger charge is 2.70. The van der Waals surface area contributed by atoms with Gasteiger partial charge in [-0.15, -0.1) is 0 Å². The molecule has 4 heteroatoms. The molecular formula is C34H38O4. The Balaban J connectivity index is 1.19. The summed E-state index contributed by atoms with van der Waals surface area (Å²) in [6.07, 6.45) is 16.0. The average Bonchev–Trinajstić information content (AvgIpc) is 2.87. The first-order chi connectivity index (χ1) is 18.2. The van der Waals surface area contributed by atoms with Crippen molar-refractivity contribution >= 4 is 11.9 Å². The number of carbonyl (C=O) groups is 2. The van der Waals surface area contributed by atoms with E-state index in [4.69, 9.17) is 0 Å². The lowest BCUT2D eigenvalue weighted by Gasteiger charge is -2.74. The molecule has 0 aromatic heterocycles. The van der Waals surface area contributed by atoms with Crippen LogP contribution in [-0.4, -0.2) is 22.2 Å². The van der Waals surface area contributed by atoms with Gasteiger partial charge in [0, 0.05) is 0 Å². The van der Waals surface area contributed by atoms with Crippen molar-refractivity contribution in [3.8, 4) is 0 Å². The molecule has 4 unspecified atom stereocenters. The standard InChI is InChI=1S/C34H38O4/c35-29(36)25-1-5-27(6-2-25)31-11-21-9-22(12-31)16-33(15-21,19-31)34-17-23-10-24(18-34)14-32(13-23,20-34)28-7-3-26(4-8-28)30(37)38/h1-8,21-24H,9-20H2,(H,35,36)(H,37,38). The third-order valence-corrected chi connectivity index (χ3v) is 12.7. The Bertz CT molecular complexity index is 1190. The zero-order chi connectivity index (χ0) is 25.9. The second kappa shape index (κ2) is 7.52. The van der Waals surface area contributed by atoms with Crippen LogP contribution in [0.25, 0.3) is 0 Å². The molecular weight excluding hydrogens is 472 g/mol. The highest BCUT2D eigenvalue weighted by Crippen LogP contribution is 2.78. The first-order valence-corrected chi connectivity index (χ1v) is 14.9. The van der Waals surface area contributed by atoms with E-state index < -0.39 is 11.9 Å². The summed E-state index contributed by atoms with van der Waals surface area (Å²) in [6.45, 7) is 0. The first kappa shape index (κ1) is 23.3. The van der Waals surface area contributed by atoms with Crippen molar-refractivity contribution in [1.82, 2.24) is 0 Å². The van der Waals surface area contributed by atoms with E-state index in [2.05, 4.69) is 24.3 Å². The van der Waals surface area contributed by atoms with Gasteiger partial charge in [0.15, 0.2) is 0 Å². The minimum atomic E-state index is -0.839. The van der Waals surface area contributed by atoms with Crippen LogP contribution in [0.5, 0.6) is 0 Å². The van der Waals surface area contributed by atoms with Crippen molar-refractivity contribution in [2.24, 2.45) is 34.5 Å². The molecule has 0 saturated heterocycles. The van der Waals surface area contributed by atoms with Gasteiger partial charge in [0.25, 0.3) is 0 Å². The van der Waals surface area contributed by atoms with Gasteiger partial charge in [-0.3, -0.25) is 0 Å². The highest BCUT2D eigenvalue weighted by molar-refractivity contribution is 5.88. The quantitative estimate of drug-likeness (QED) is 0.438. The second-order valence-corrected chi connectivity index (χ2v) is 14.8. The molecule has 198 valence electrons. The average molecular weight is 511 g/mol. The fourth-order valence-electron chi connectivity index (χ4n) is 12.4. The second-order valence-electron chi connectivity index (χ2n) is 14.8. The smallest absolute Gasteiger partial charge is 0.335 e. The van der Waals surface area contributed by atoms with Crippen LogP contribution < -0.4 is 0 Å². The minimum Gasteiger partial charge on any atom is -0.478 e. The number of carboxylic acids is 2. The molecule has 38 heavy (non-hydrogen) atoms. The summed E-state index contributed by atoms with van der Waals surface area (Å²) in [5, 5.41) is 19.0. The van der Waals surface area contributed by atoms with E-state index in [9.17, 15) is 19.8 Å². The van der Waals surface area contributed by atoms with Crippen LogP contribution in [-0.2, 0) is 10.8 Å². The van der Waals surface area contributed by atoms with Gasteiger partial charge in [-0.05, 0) is 158 Å². The minimum absolute atomic E-state index is 0.209. The summed E-state index contributed by atoms with van der Waals surface area (Å²) >= 11 is 0. The van der Waals surface area contributed by atoms with Crippen LogP contribution in [0.3, 0.4) is 0 Å². The molecule has 8 saturated carbocycles. The lowest BCUT2D eigenvalue weighted by molar-refractivity contribution is -0.212. The first-order valence-electron chi connectivity index (χ1n) is 14.9. The van der Waals surface area contributed by atoms with E-state index in [1.165, 1.54) is 88.2 Å². The topological polar surface area (TPSA) is 74.6 Å². The molecule has 2 aromatic carbocycles. The molecule has 10 rings (SSSR count). The van der Waals surface area contributed by atoms with Gasteiger partial charge >= 0.3 is 11.9 Å². The van der Waals surface area contributed by atoms with Crippen molar-refractivity contribution in [3.05, 3.63) is 70.8 Å². The summed E-state index contributed by atoms with van der Waals surface area (Å²) in [4.78, 5) is 23.1. The lowest BCUT2D eigenvalue weighted by Crippen LogP contribution is -2.66. The summed E-state index contributed by atoms with van der Waals surface area (Å²) in [6, 6.07) is 15.9. The molecule has 4 atom stereocenters. The molecule has 2 N–H and O–H groups in total. The third kappa shape index (κ3) is 3.09. The van der Waals surface area contributed by atoms with Crippen molar-refractivity contribution in [1.29, 1.82) is 0 Å². The molecule has 8 bridgehead atoms. The van der Waals surface area contributed by atoms with E-state index in [0.717, 1.165) is 23.7 Å². The number of hydrogen-bond acceptors (Lipinski definition) is 2. The summed E-state index contributed by atoms with van der Waals surface area (Å²) in [5.74, 6) is 1.52. The van der Waals surface area contributed by atoms with Gasteiger partial charge in [0.05, 0.1) is 11.1 Å². The van der Waals surface area contributed by atoms with E-state index >= 15 is 0 Å². The van der Waals surface area contributed by atoms with Crippen LogP contribution in [0, 0.1) is 34.5 Å². The summed E-state index contributed by atoms with van der Waals surface area (Å²) < 4.78 is 0. The van der Waals surface area contributed by atoms with Gasteiger partial charge in [-0.1, -0.05) is 24.3 Å². The van der Waals surface area contributed by atoms with Crippen molar-refractivity contribution < 1.29 is 19.8 Å². The molecule has 0 aliphatic heterocycles. The zero-order valence-electron chi connectivity index (χ0n) is 22.1. The molecule has 0 amide bonds. The Morgan fingerprint density at radius 1 is 0.526 bits per heavy atom. The van der Waals surface area contributed by atoms with Crippen LogP contribution in [0.1, 0.15) is 109 Å².